The van der Waals surface area contributed by atoms with E-state index in [1.54, 1.807) is 0 Å². The Labute approximate surface area is 179 Å². The summed E-state index contributed by atoms with van der Waals surface area (Å²) in [6.07, 6.45) is 4.35. The molecule has 6 nitrogen and oxygen atoms in total. The lowest BCUT2D eigenvalue weighted by atomic mass is 9.58. The van der Waals surface area contributed by atoms with E-state index in [0.29, 0.717) is 11.8 Å². The fourth-order valence-corrected chi connectivity index (χ4v) is 6.54. The Bertz CT molecular complexity index is 725. The smallest absolute Gasteiger partial charge is 0.347 e. The molecule has 0 spiro atoms. The lowest BCUT2D eigenvalue weighted by Gasteiger charge is -2.48. The van der Waals surface area contributed by atoms with Crippen LogP contribution in [-0.2, 0) is 28.6 Å². The third kappa shape index (κ3) is 4.15. The van der Waals surface area contributed by atoms with Crippen LogP contribution in [0.5, 0.6) is 0 Å². The molecule has 0 N–H and O–H groups in total. The molecule has 0 bridgehead atoms. The van der Waals surface area contributed by atoms with Crippen molar-refractivity contribution in [2.75, 3.05) is 13.2 Å². The summed E-state index contributed by atoms with van der Waals surface area (Å²) >= 11 is 0. The van der Waals surface area contributed by atoms with Crippen LogP contribution in [0.15, 0.2) is 12.2 Å². The molecule has 2 saturated carbocycles. The van der Waals surface area contributed by atoms with Gasteiger partial charge in [-0.1, -0.05) is 32.9 Å². The van der Waals surface area contributed by atoms with Gasteiger partial charge in [0.15, 0.2) is 0 Å². The Kier molecular flexibility index (Phi) is 6.35. The highest BCUT2D eigenvalue weighted by Gasteiger charge is 2.59. The van der Waals surface area contributed by atoms with Crippen molar-refractivity contribution in [1.29, 1.82) is 0 Å². The van der Waals surface area contributed by atoms with Crippen molar-refractivity contribution in [3.8, 4) is 0 Å². The third-order valence-corrected chi connectivity index (χ3v) is 8.03. The fraction of sp³-hybridized carbons (Fsp3) is 0.792. The van der Waals surface area contributed by atoms with Gasteiger partial charge in [-0.3, -0.25) is 9.59 Å². The number of cyclic esters (lactones) is 1. The van der Waals surface area contributed by atoms with Crippen molar-refractivity contribution < 1.29 is 28.6 Å². The van der Waals surface area contributed by atoms with Gasteiger partial charge in [0.1, 0.15) is 0 Å². The van der Waals surface area contributed by atoms with Crippen LogP contribution in [-0.4, -0.2) is 37.2 Å². The van der Waals surface area contributed by atoms with E-state index in [9.17, 15) is 14.4 Å². The molecule has 168 valence electrons. The molecule has 2 aliphatic carbocycles. The molecule has 0 amide bonds. The van der Waals surface area contributed by atoms with E-state index < -0.39 is 29.9 Å². The Hall–Kier alpha value is -1.85. The topological polar surface area (TPSA) is 78.9 Å². The fourth-order valence-electron chi connectivity index (χ4n) is 6.54. The molecule has 6 atom stereocenters. The molecule has 30 heavy (non-hydrogen) atoms. The molecular weight excluding hydrogens is 384 g/mol. The zero-order chi connectivity index (χ0) is 22.3. The summed E-state index contributed by atoms with van der Waals surface area (Å²) in [5.41, 5.74) is 1.32. The number of ether oxygens (including phenoxy) is 3. The minimum Gasteiger partial charge on any atom is -0.465 e. The van der Waals surface area contributed by atoms with E-state index in [-0.39, 0.29) is 30.0 Å². The van der Waals surface area contributed by atoms with Crippen molar-refractivity contribution in [2.45, 2.75) is 72.8 Å². The Balaban J connectivity index is 1.99. The first-order chi connectivity index (χ1) is 14.0. The van der Waals surface area contributed by atoms with Crippen molar-refractivity contribution in [3.05, 3.63) is 12.2 Å². The van der Waals surface area contributed by atoms with E-state index in [1.165, 1.54) is 25.8 Å². The number of carbonyl (C=O) groups is 3. The molecule has 0 radical (unpaired) electrons. The maximum Gasteiger partial charge on any atom is 0.347 e. The molecule has 3 rings (SSSR count). The number of hydrogen-bond donors (Lipinski definition) is 0. The molecule has 1 aliphatic heterocycles. The van der Waals surface area contributed by atoms with Crippen molar-refractivity contribution in [2.24, 2.45) is 34.5 Å². The lowest BCUT2D eigenvalue weighted by molar-refractivity contribution is -0.194. The summed E-state index contributed by atoms with van der Waals surface area (Å²) in [5.74, 6) is -1.21. The number of fused-ring (bicyclic) bond motifs is 1. The van der Waals surface area contributed by atoms with Gasteiger partial charge in [-0.15, -0.1) is 0 Å². The van der Waals surface area contributed by atoms with Gasteiger partial charge < -0.3 is 14.2 Å². The minimum absolute atomic E-state index is 0.0376. The van der Waals surface area contributed by atoms with Gasteiger partial charge in [0.25, 0.3) is 0 Å². The van der Waals surface area contributed by atoms with Crippen LogP contribution in [0, 0.1) is 34.5 Å². The lowest BCUT2D eigenvalue weighted by Crippen LogP contribution is -2.54. The summed E-state index contributed by atoms with van der Waals surface area (Å²) in [6.45, 7) is 14.4. The monoisotopic (exact) mass is 420 g/mol. The summed E-state index contributed by atoms with van der Waals surface area (Å²) < 4.78 is 16.3. The maximum absolute atomic E-state index is 12.5. The molecular formula is C24H36O6. The molecule has 1 saturated heterocycles. The maximum atomic E-state index is 12.5. The highest BCUT2D eigenvalue weighted by Crippen LogP contribution is 2.63. The predicted molar refractivity (Wildman–Crippen MR) is 111 cm³/mol. The van der Waals surface area contributed by atoms with E-state index in [0.717, 1.165) is 25.7 Å². The Morgan fingerprint density at radius 1 is 1.13 bits per heavy atom. The zero-order valence-corrected chi connectivity index (χ0v) is 19.0. The molecule has 6 heteroatoms. The van der Waals surface area contributed by atoms with Crippen LogP contribution in [0.25, 0.3) is 0 Å². The van der Waals surface area contributed by atoms with Crippen LogP contribution in [0.4, 0.5) is 0 Å². The quantitative estimate of drug-likeness (QED) is 0.388. The second-order valence-corrected chi connectivity index (χ2v) is 10.4. The molecule has 0 aromatic rings. The number of allylic oxidation sites excluding steroid dienone is 1. The molecule has 0 aromatic heterocycles. The Morgan fingerprint density at radius 3 is 2.47 bits per heavy atom. The molecule has 0 aromatic carbocycles. The van der Waals surface area contributed by atoms with Gasteiger partial charge in [0.2, 0.25) is 6.10 Å². The van der Waals surface area contributed by atoms with Crippen LogP contribution in [0.2, 0.25) is 0 Å². The summed E-state index contributed by atoms with van der Waals surface area (Å²) in [6, 6.07) is 0. The van der Waals surface area contributed by atoms with E-state index in [4.69, 9.17) is 14.2 Å². The number of hydrogen-bond acceptors (Lipinski definition) is 6. The average molecular weight is 421 g/mol. The second-order valence-electron chi connectivity index (χ2n) is 10.4. The van der Waals surface area contributed by atoms with Gasteiger partial charge in [-0.05, 0) is 54.8 Å². The van der Waals surface area contributed by atoms with Gasteiger partial charge in [-0.2, -0.15) is 0 Å². The van der Waals surface area contributed by atoms with Gasteiger partial charge >= 0.3 is 17.9 Å². The normalized spacial score (nSPS) is 38.2. The largest absolute Gasteiger partial charge is 0.465 e. The first-order valence-corrected chi connectivity index (χ1v) is 11.1. The molecule has 1 heterocycles. The summed E-state index contributed by atoms with van der Waals surface area (Å²) in [4.78, 5) is 35.8. The van der Waals surface area contributed by atoms with Crippen LogP contribution in [0.3, 0.4) is 0 Å². The Morgan fingerprint density at radius 2 is 1.83 bits per heavy atom. The van der Waals surface area contributed by atoms with Gasteiger partial charge in [0.05, 0.1) is 13.2 Å². The summed E-state index contributed by atoms with van der Waals surface area (Å²) in [7, 11) is 0. The van der Waals surface area contributed by atoms with Crippen LogP contribution >= 0.6 is 0 Å². The van der Waals surface area contributed by atoms with Crippen LogP contribution < -0.4 is 0 Å². The first-order valence-electron chi connectivity index (χ1n) is 11.1. The van der Waals surface area contributed by atoms with E-state index in [1.807, 2.05) is 0 Å². The van der Waals surface area contributed by atoms with Crippen LogP contribution in [0.1, 0.15) is 66.7 Å². The highest BCUT2D eigenvalue weighted by molar-refractivity contribution is 5.79. The first kappa shape index (κ1) is 22.8. The minimum atomic E-state index is -1.05. The zero-order valence-electron chi connectivity index (χ0n) is 19.0. The van der Waals surface area contributed by atoms with E-state index in [2.05, 4.69) is 27.4 Å². The second kappa shape index (κ2) is 8.35. The van der Waals surface area contributed by atoms with E-state index >= 15 is 0 Å². The molecule has 0 unspecified atom stereocenters. The SMILES string of the molecule is C=C1CCCC(C)(C)[C@@H]2CC[C@@](C)([C@@H]3COC(=O)[C@@H](OC(C)=O)[C@H]3COC(C)=O)[C@H]12. The number of carbonyl (C=O) groups excluding carboxylic acids is 3. The van der Waals surface area contributed by atoms with Crippen molar-refractivity contribution >= 4 is 17.9 Å². The highest BCUT2D eigenvalue weighted by atomic mass is 16.6. The third-order valence-electron chi connectivity index (χ3n) is 8.03. The number of rotatable bonds is 4. The van der Waals surface area contributed by atoms with Gasteiger partial charge in [0, 0.05) is 25.7 Å². The molecule has 3 aliphatic rings. The average Bonchev–Trinajstić information content (AvgIpc) is 2.95. The predicted octanol–water partition coefficient (Wildman–Crippen LogP) is 4.07. The standard InChI is InChI=1S/C24H36O6/c1-14-8-7-10-23(4,5)18-9-11-24(6,20(14)18)19-13-29-22(27)21(30-16(3)26)17(19)12-28-15(2)25/h17-21H,1,7-13H2,2-6H3/t17-,18+,19+,20+,21-,24-/m0/s1. The summed E-state index contributed by atoms with van der Waals surface area (Å²) in [5, 5.41) is 0. The van der Waals surface area contributed by atoms with Gasteiger partial charge in [-0.25, -0.2) is 4.79 Å². The number of esters is 3. The van der Waals surface area contributed by atoms with Crippen molar-refractivity contribution in [1.82, 2.24) is 0 Å². The molecule has 3 fully saturated rings. The van der Waals surface area contributed by atoms with Crippen molar-refractivity contribution in [3.63, 3.8) is 0 Å².